The van der Waals surface area contributed by atoms with Gasteiger partial charge in [0.2, 0.25) is 0 Å². The molecule has 0 unspecified atom stereocenters. The van der Waals surface area contributed by atoms with E-state index in [9.17, 15) is 5.48 Å². The van der Waals surface area contributed by atoms with Crippen LogP contribution < -0.4 is 0 Å². The second kappa shape index (κ2) is 9.44. The Bertz CT molecular complexity index is 2870. The number of benzene rings is 8. The lowest BCUT2D eigenvalue weighted by molar-refractivity contribution is 0.669. The van der Waals surface area contributed by atoms with Crippen molar-refractivity contribution < 1.29 is 15.4 Å². The standard InChI is InChI=1S/C42H26O/c1-2-13-27(14-3-1)40-31-17-6-8-19-33(31)41(34-20-9-7-18-32(34)40)29-25-28-15-4-5-16-30(28)37(26-29)35-22-12-24-39-42(35)36-21-10-11-23-38(36)43-39/h1-26H/i6D,7D,8D,9D,17D,18D,19D,20D. The monoisotopic (exact) mass is 554 g/mol. The molecule has 0 spiro atoms. The summed E-state index contributed by atoms with van der Waals surface area (Å²) in [7, 11) is 0. The van der Waals surface area contributed by atoms with Crippen LogP contribution in [-0.4, -0.2) is 0 Å². The lowest BCUT2D eigenvalue weighted by atomic mass is 9.84. The molecule has 8 aromatic carbocycles. The van der Waals surface area contributed by atoms with Gasteiger partial charge in [-0.15, -0.1) is 0 Å². The first kappa shape index (κ1) is 17.3. The minimum Gasteiger partial charge on any atom is -0.456 e. The number of hydrogen-bond acceptors (Lipinski definition) is 1. The molecule has 1 heterocycles. The highest BCUT2D eigenvalue weighted by molar-refractivity contribution is 6.23. The van der Waals surface area contributed by atoms with Crippen molar-refractivity contribution in [1.82, 2.24) is 0 Å². The van der Waals surface area contributed by atoms with Crippen LogP contribution in [0.4, 0.5) is 0 Å². The zero-order valence-corrected chi connectivity index (χ0v) is 22.8. The maximum Gasteiger partial charge on any atom is 0.136 e. The third kappa shape index (κ3) is 3.65. The molecule has 0 bridgehead atoms. The zero-order chi connectivity index (χ0) is 35.3. The number of para-hydroxylation sites is 1. The Balaban J connectivity index is 1.54. The third-order valence-electron chi connectivity index (χ3n) is 8.28. The van der Waals surface area contributed by atoms with Crippen LogP contribution in [0, 0.1) is 0 Å². The van der Waals surface area contributed by atoms with Gasteiger partial charge in [0.25, 0.3) is 0 Å². The second-order valence-electron chi connectivity index (χ2n) is 10.6. The van der Waals surface area contributed by atoms with Gasteiger partial charge < -0.3 is 4.42 Å². The van der Waals surface area contributed by atoms with Crippen LogP contribution in [0.15, 0.2) is 162 Å². The summed E-state index contributed by atoms with van der Waals surface area (Å²) in [6.07, 6.45) is 0. The molecule has 1 heteroatoms. The topological polar surface area (TPSA) is 13.1 Å². The van der Waals surface area contributed by atoms with Gasteiger partial charge in [0.05, 0.1) is 11.0 Å². The predicted octanol–water partition coefficient (Wildman–Crippen LogP) is 12.0. The minimum atomic E-state index is -0.427. The molecule has 1 aromatic heterocycles. The van der Waals surface area contributed by atoms with Gasteiger partial charge in [0.15, 0.2) is 0 Å². The minimum absolute atomic E-state index is 0.186. The predicted molar refractivity (Wildman–Crippen MR) is 183 cm³/mol. The summed E-state index contributed by atoms with van der Waals surface area (Å²) in [5.74, 6) is 0. The Kier molecular flexibility index (Phi) is 3.80. The van der Waals surface area contributed by atoms with Crippen molar-refractivity contribution >= 4 is 54.3 Å². The van der Waals surface area contributed by atoms with Gasteiger partial charge >= 0.3 is 0 Å². The number of rotatable bonds is 3. The van der Waals surface area contributed by atoms with Gasteiger partial charge in [-0.3, -0.25) is 0 Å². The summed E-state index contributed by atoms with van der Waals surface area (Å²) < 4.78 is 78.4. The maximum atomic E-state index is 9.33. The molecule has 0 aliphatic rings. The average Bonchev–Trinajstić information content (AvgIpc) is 3.55. The summed E-state index contributed by atoms with van der Waals surface area (Å²) in [4.78, 5) is 0. The van der Waals surface area contributed by atoms with Gasteiger partial charge in [-0.25, -0.2) is 0 Å². The van der Waals surface area contributed by atoms with Crippen LogP contribution >= 0.6 is 0 Å². The van der Waals surface area contributed by atoms with Crippen LogP contribution in [0.2, 0.25) is 0 Å². The lowest BCUT2D eigenvalue weighted by Gasteiger charge is -2.19. The third-order valence-corrected chi connectivity index (χ3v) is 8.28. The van der Waals surface area contributed by atoms with Gasteiger partial charge in [-0.1, -0.05) is 133 Å². The largest absolute Gasteiger partial charge is 0.456 e. The van der Waals surface area contributed by atoms with Crippen LogP contribution in [0.3, 0.4) is 0 Å². The molecule has 0 aliphatic heterocycles. The van der Waals surface area contributed by atoms with E-state index in [-0.39, 0.29) is 45.7 Å². The summed E-state index contributed by atoms with van der Waals surface area (Å²) in [5.41, 5.74) is 4.98. The molecule has 0 fully saturated rings. The van der Waals surface area contributed by atoms with E-state index in [1.165, 1.54) is 0 Å². The Morgan fingerprint density at radius 2 is 1.00 bits per heavy atom. The highest BCUT2D eigenvalue weighted by Crippen LogP contribution is 2.46. The fraction of sp³-hybridized carbons (Fsp3) is 0. The molecule has 0 saturated heterocycles. The highest BCUT2D eigenvalue weighted by Gasteiger charge is 2.19. The Morgan fingerprint density at radius 1 is 0.419 bits per heavy atom. The van der Waals surface area contributed by atoms with Gasteiger partial charge in [-0.2, -0.15) is 0 Å². The SMILES string of the molecule is [2H]c1c([2H])c([2H])c2c(-c3cc(-c4cccc5oc6ccccc6c45)c4ccccc4c3)c3c([2H])c([2H])c([2H])c([2H])c3c(-c3ccccc3)c2c1[2H]. The summed E-state index contributed by atoms with van der Waals surface area (Å²) >= 11 is 0. The molecule has 0 radical (unpaired) electrons. The van der Waals surface area contributed by atoms with Gasteiger partial charge in [0.1, 0.15) is 11.2 Å². The van der Waals surface area contributed by atoms with E-state index in [4.69, 9.17) is 9.90 Å². The van der Waals surface area contributed by atoms with E-state index in [0.717, 1.165) is 43.8 Å². The van der Waals surface area contributed by atoms with Crippen molar-refractivity contribution in [3.63, 3.8) is 0 Å². The smallest absolute Gasteiger partial charge is 0.136 e. The van der Waals surface area contributed by atoms with Crippen LogP contribution in [-0.2, 0) is 0 Å². The zero-order valence-electron chi connectivity index (χ0n) is 30.8. The molecular weight excluding hydrogens is 520 g/mol. The molecule has 0 atom stereocenters. The quantitative estimate of drug-likeness (QED) is 0.198. The molecule has 9 aromatic rings. The Hall–Kier alpha value is -5.66. The summed E-state index contributed by atoms with van der Waals surface area (Å²) in [5, 5.41) is 4.42. The first-order chi connectivity index (χ1) is 24.7. The van der Waals surface area contributed by atoms with Crippen molar-refractivity contribution in [3.8, 4) is 33.4 Å². The highest BCUT2D eigenvalue weighted by atomic mass is 16.3. The van der Waals surface area contributed by atoms with Crippen LogP contribution in [0.25, 0.3) is 87.6 Å². The van der Waals surface area contributed by atoms with E-state index in [1.54, 1.807) is 24.3 Å². The molecule has 43 heavy (non-hydrogen) atoms. The van der Waals surface area contributed by atoms with Crippen molar-refractivity contribution in [2.45, 2.75) is 0 Å². The molecule has 9 rings (SSSR count). The fourth-order valence-corrected chi connectivity index (χ4v) is 6.48. The van der Waals surface area contributed by atoms with Crippen molar-refractivity contribution in [2.24, 2.45) is 0 Å². The van der Waals surface area contributed by atoms with E-state index < -0.39 is 24.2 Å². The maximum absolute atomic E-state index is 9.33. The molecular formula is C42H26O. The Labute approximate surface area is 260 Å². The lowest BCUT2D eigenvalue weighted by Crippen LogP contribution is -1.92. The van der Waals surface area contributed by atoms with Gasteiger partial charge in [-0.05, 0) is 90.0 Å². The Morgan fingerprint density at radius 3 is 1.72 bits per heavy atom. The first-order valence-electron chi connectivity index (χ1n) is 18.1. The molecule has 0 amide bonds. The van der Waals surface area contributed by atoms with E-state index >= 15 is 0 Å². The molecule has 0 aliphatic carbocycles. The van der Waals surface area contributed by atoms with E-state index in [0.29, 0.717) is 22.3 Å². The normalized spacial score (nSPS) is 14.3. The average molecular weight is 555 g/mol. The molecule has 0 saturated carbocycles. The van der Waals surface area contributed by atoms with E-state index in [1.807, 2.05) is 84.9 Å². The fourth-order valence-electron chi connectivity index (χ4n) is 6.48. The van der Waals surface area contributed by atoms with Crippen LogP contribution in [0.1, 0.15) is 11.0 Å². The second-order valence-corrected chi connectivity index (χ2v) is 10.6. The van der Waals surface area contributed by atoms with Gasteiger partial charge in [0, 0.05) is 10.8 Å². The van der Waals surface area contributed by atoms with E-state index in [2.05, 4.69) is 0 Å². The number of fused-ring (bicyclic) bond motifs is 6. The van der Waals surface area contributed by atoms with Crippen molar-refractivity contribution in [3.05, 3.63) is 158 Å². The first-order valence-corrected chi connectivity index (χ1v) is 14.1. The summed E-state index contributed by atoms with van der Waals surface area (Å²) in [6.45, 7) is 0. The summed E-state index contributed by atoms with van der Waals surface area (Å²) in [6, 6.07) is 31.7. The molecule has 1 nitrogen and oxygen atoms in total. The van der Waals surface area contributed by atoms with Crippen molar-refractivity contribution in [1.29, 1.82) is 0 Å². The number of furan rings is 1. The van der Waals surface area contributed by atoms with Crippen molar-refractivity contribution in [2.75, 3.05) is 0 Å². The molecule has 200 valence electrons. The molecule has 0 N–H and O–H groups in total. The van der Waals surface area contributed by atoms with Crippen LogP contribution in [0.5, 0.6) is 0 Å². The number of hydrogen-bond donors (Lipinski definition) is 0.